The summed E-state index contributed by atoms with van der Waals surface area (Å²) in [5, 5.41) is 3.41. The summed E-state index contributed by atoms with van der Waals surface area (Å²) >= 11 is 5.71. The van der Waals surface area contributed by atoms with Crippen molar-refractivity contribution in [1.82, 2.24) is 19.5 Å². The zero-order valence-corrected chi connectivity index (χ0v) is 8.23. The Labute approximate surface area is 85.8 Å². The molecule has 2 rings (SSSR count). The Morgan fingerprint density at radius 3 is 2.86 bits per heavy atom. The summed E-state index contributed by atoms with van der Waals surface area (Å²) < 4.78 is 1.84. The number of nitrogens with one attached hydrogen (secondary N) is 1. The third-order valence-electron chi connectivity index (χ3n) is 1.69. The Hall–Kier alpha value is -1.62. The molecule has 0 unspecified atom stereocenters. The first-order valence-corrected chi connectivity index (χ1v) is 4.35. The summed E-state index contributed by atoms with van der Waals surface area (Å²) in [6.45, 7) is 0. The van der Waals surface area contributed by atoms with Crippen molar-refractivity contribution in [3.63, 3.8) is 0 Å². The van der Waals surface area contributed by atoms with Crippen LogP contribution in [0.2, 0.25) is 5.15 Å². The second-order valence-electron chi connectivity index (χ2n) is 2.71. The zero-order valence-electron chi connectivity index (χ0n) is 7.48. The van der Waals surface area contributed by atoms with Crippen LogP contribution in [-0.2, 0) is 7.05 Å². The van der Waals surface area contributed by atoms with E-state index < -0.39 is 0 Å². The number of hydrogen-bond acceptors (Lipinski definition) is 4. The first kappa shape index (κ1) is 8.96. The van der Waals surface area contributed by atoms with Crippen LogP contribution in [0.3, 0.4) is 0 Å². The van der Waals surface area contributed by atoms with E-state index in [9.17, 15) is 0 Å². The number of anilines is 2. The van der Waals surface area contributed by atoms with Crippen molar-refractivity contribution < 1.29 is 0 Å². The SMILES string of the molecule is Cn1ccnc1Nc1cc(Cl)ncn1. The van der Waals surface area contributed by atoms with Crippen LogP contribution in [0.5, 0.6) is 0 Å². The van der Waals surface area contributed by atoms with Crippen LogP contribution in [0.1, 0.15) is 0 Å². The highest BCUT2D eigenvalue weighted by Crippen LogP contribution is 2.13. The fourth-order valence-electron chi connectivity index (χ4n) is 1.00. The quantitative estimate of drug-likeness (QED) is 0.764. The Morgan fingerprint density at radius 1 is 1.36 bits per heavy atom. The molecular formula is C8H8ClN5. The van der Waals surface area contributed by atoms with E-state index in [0.29, 0.717) is 16.9 Å². The average molecular weight is 210 g/mol. The molecule has 6 heteroatoms. The first-order chi connectivity index (χ1) is 6.75. The molecule has 72 valence electrons. The standard InChI is InChI=1S/C8H8ClN5/c1-14-3-2-10-8(14)13-7-4-6(9)11-5-12-7/h2-5H,1H3,(H,10,11,12,13). The minimum atomic E-state index is 0.400. The first-order valence-electron chi connectivity index (χ1n) is 3.97. The van der Waals surface area contributed by atoms with Crippen LogP contribution in [-0.4, -0.2) is 19.5 Å². The lowest BCUT2D eigenvalue weighted by Gasteiger charge is -2.03. The molecule has 0 saturated carbocycles. The highest BCUT2D eigenvalue weighted by Gasteiger charge is 2.00. The molecule has 0 atom stereocenters. The smallest absolute Gasteiger partial charge is 0.208 e. The van der Waals surface area contributed by atoms with E-state index in [2.05, 4.69) is 20.3 Å². The number of aromatic nitrogens is 4. The summed E-state index contributed by atoms with van der Waals surface area (Å²) in [6, 6.07) is 1.64. The molecule has 0 saturated heterocycles. The van der Waals surface area contributed by atoms with Gasteiger partial charge in [-0.3, -0.25) is 0 Å². The second kappa shape index (κ2) is 3.63. The van der Waals surface area contributed by atoms with Gasteiger partial charge in [0.15, 0.2) is 0 Å². The van der Waals surface area contributed by atoms with E-state index in [1.807, 2.05) is 17.8 Å². The van der Waals surface area contributed by atoms with Gasteiger partial charge >= 0.3 is 0 Å². The molecule has 0 aliphatic rings. The van der Waals surface area contributed by atoms with Gasteiger partial charge < -0.3 is 9.88 Å². The number of imidazole rings is 1. The van der Waals surface area contributed by atoms with Gasteiger partial charge in [0, 0.05) is 25.5 Å². The maximum absolute atomic E-state index is 5.71. The van der Waals surface area contributed by atoms with Crippen LogP contribution in [0, 0.1) is 0 Å². The molecule has 0 amide bonds. The molecule has 0 bridgehead atoms. The maximum Gasteiger partial charge on any atom is 0.208 e. The molecule has 2 heterocycles. The van der Waals surface area contributed by atoms with Gasteiger partial charge in [0.25, 0.3) is 0 Å². The molecule has 0 aromatic carbocycles. The number of nitrogens with zero attached hydrogens (tertiary/aromatic N) is 4. The van der Waals surface area contributed by atoms with Gasteiger partial charge in [-0.05, 0) is 0 Å². The molecule has 0 fully saturated rings. The van der Waals surface area contributed by atoms with Gasteiger partial charge in [0.2, 0.25) is 5.95 Å². The van der Waals surface area contributed by atoms with Crippen molar-refractivity contribution in [2.45, 2.75) is 0 Å². The number of halogens is 1. The largest absolute Gasteiger partial charge is 0.320 e. The zero-order chi connectivity index (χ0) is 9.97. The van der Waals surface area contributed by atoms with Crippen molar-refractivity contribution in [1.29, 1.82) is 0 Å². The molecule has 0 radical (unpaired) electrons. The highest BCUT2D eigenvalue weighted by molar-refractivity contribution is 6.29. The molecule has 1 N–H and O–H groups in total. The van der Waals surface area contributed by atoms with E-state index >= 15 is 0 Å². The number of hydrogen-bond donors (Lipinski definition) is 1. The fraction of sp³-hybridized carbons (Fsp3) is 0.125. The van der Waals surface area contributed by atoms with Crippen LogP contribution in [0.15, 0.2) is 24.8 Å². The van der Waals surface area contributed by atoms with Crippen molar-refractivity contribution in [3.8, 4) is 0 Å². The maximum atomic E-state index is 5.71. The summed E-state index contributed by atoms with van der Waals surface area (Å²) in [5.74, 6) is 1.33. The number of aryl methyl sites for hydroxylation is 1. The van der Waals surface area contributed by atoms with E-state index in [1.165, 1.54) is 6.33 Å². The molecule has 0 aliphatic carbocycles. The minimum absolute atomic E-state index is 0.400. The van der Waals surface area contributed by atoms with Crippen molar-refractivity contribution in [2.24, 2.45) is 7.05 Å². The van der Waals surface area contributed by atoms with Gasteiger partial charge in [-0.2, -0.15) is 0 Å². The lowest BCUT2D eigenvalue weighted by Crippen LogP contribution is -2.00. The van der Waals surface area contributed by atoms with Crippen molar-refractivity contribution in [2.75, 3.05) is 5.32 Å². The Bertz CT molecular complexity index is 439. The Balaban J connectivity index is 2.23. The van der Waals surface area contributed by atoms with Gasteiger partial charge in [-0.1, -0.05) is 11.6 Å². The summed E-state index contributed by atoms with van der Waals surface area (Å²) in [5.41, 5.74) is 0. The average Bonchev–Trinajstić information content (AvgIpc) is 2.52. The van der Waals surface area contributed by atoms with Crippen molar-refractivity contribution in [3.05, 3.63) is 29.9 Å². The van der Waals surface area contributed by atoms with Gasteiger partial charge in [-0.25, -0.2) is 15.0 Å². The third-order valence-corrected chi connectivity index (χ3v) is 1.90. The molecule has 2 aromatic heterocycles. The topological polar surface area (TPSA) is 55.6 Å². The lowest BCUT2D eigenvalue weighted by molar-refractivity contribution is 0.921. The molecule has 0 aliphatic heterocycles. The van der Waals surface area contributed by atoms with Gasteiger partial charge in [0.05, 0.1) is 0 Å². The van der Waals surface area contributed by atoms with Crippen LogP contribution in [0.25, 0.3) is 0 Å². The lowest BCUT2D eigenvalue weighted by atomic mass is 10.6. The second-order valence-corrected chi connectivity index (χ2v) is 3.10. The normalized spacial score (nSPS) is 10.1. The molecule has 14 heavy (non-hydrogen) atoms. The van der Waals surface area contributed by atoms with E-state index in [0.717, 1.165) is 0 Å². The van der Waals surface area contributed by atoms with Gasteiger partial charge in [0.1, 0.15) is 17.3 Å². The summed E-state index contributed by atoms with van der Waals surface area (Å²) in [4.78, 5) is 11.9. The number of rotatable bonds is 2. The summed E-state index contributed by atoms with van der Waals surface area (Å²) in [6.07, 6.45) is 4.93. The molecule has 2 aromatic rings. The predicted octanol–water partition coefficient (Wildman–Crippen LogP) is 1.61. The minimum Gasteiger partial charge on any atom is -0.320 e. The van der Waals surface area contributed by atoms with Crippen LogP contribution in [0.4, 0.5) is 11.8 Å². The third kappa shape index (κ3) is 1.82. The van der Waals surface area contributed by atoms with Crippen LogP contribution < -0.4 is 5.32 Å². The van der Waals surface area contributed by atoms with Gasteiger partial charge in [-0.15, -0.1) is 0 Å². The Morgan fingerprint density at radius 2 is 2.21 bits per heavy atom. The Kier molecular flexibility index (Phi) is 2.32. The monoisotopic (exact) mass is 209 g/mol. The predicted molar refractivity (Wildman–Crippen MR) is 53.5 cm³/mol. The van der Waals surface area contributed by atoms with E-state index in [-0.39, 0.29) is 0 Å². The highest BCUT2D eigenvalue weighted by atomic mass is 35.5. The van der Waals surface area contributed by atoms with E-state index in [1.54, 1.807) is 12.3 Å². The fourth-order valence-corrected chi connectivity index (χ4v) is 1.15. The van der Waals surface area contributed by atoms with Crippen LogP contribution >= 0.6 is 11.6 Å². The molecule has 0 spiro atoms. The van der Waals surface area contributed by atoms with E-state index in [4.69, 9.17) is 11.6 Å². The molecule has 5 nitrogen and oxygen atoms in total. The molecular weight excluding hydrogens is 202 g/mol. The summed E-state index contributed by atoms with van der Waals surface area (Å²) in [7, 11) is 1.89. The van der Waals surface area contributed by atoms with Crippen molar-refractivity contribution >= 4 is 23.4 Å².